The number of benzene rings is 2. The molecule has 43 heavy (non-hydrogen) atoms. The average Bonchev–Trinajstić information content (AvgIpc) is 3.58. The molecule has 1 aromatic heterocycles. The van der Waals surface area contributed by atoms with E-state index in [1.54, 1.807) is 4.68 Å². The van der Waals surface area contributed by atoms with Crippen molar-refractivity contribution in [3.63, 3.8) is 0 Å². The highest BCUT2D eigenvalue weighted by Gasteiger charge is 2.35. The molecule has 8 nitrogen and oxygen atoms in total. The largest absolute Gasteiger partial charge is 0.486 e. The third-order valence-corrected chi connectivity index (χ3v) is 7.73. The minimum absolute atomic E-state index is 0.0794. The summed E-state index contributed by atoms with van der Waals surface area (Å²) in [5.41, 5.74) is 4.28. The Hall–Kier alpha value is -4.11. The maximum Gasteiger partial charge on any atom is 0.320 e. The number of nitrogens with zero attached hydrogens (tertiary/aromatic N) is 3. The third-order valence-electron chi connectivity index (χ3n) is 7.73. The quantitative estimate of drug-likeness (QED) is 0.231. The Labute approximate surface area is 255 Å². The predicted molar refractivity (Wildman–Crippen MR) is 174 cm³/mol. The molecule has 0 radical (unpaired) electrons. The summed E-state index contributed by atoms with van der Waals surface area (Å²) < 4.78 is 22.2. The average molecular weight is 589 g/mol. The molecular weight excluding hydrogens is 543 g/mol. The van der Waals surface area contributed by atoms with Crippen molar-refractivity contribution in [1.29, 1.82) is 0 Å². The van der Waals surface area contributed by atoms with Crippen LogP contribution in [0.15, 0.2) is 66.8 Å². The topological polar surface area (TPSA) is 83.5 Å². The number of nitrogens with one attached hydrogen (secondary N) is 3. The minimum atomic E-state index is -0.452. The number of carbonyl (C=O) groups is 1. The van der Waals surface area contributed by atoms with Gasteiger partial charge in [0.15, 0.2) is 11.6 Å². The van der Waals surface area contributed by atoms with E-state index < -0.39 is 5.82 Å². The molecule has 0 unspecified atom stereocenters. The summed E-state index contributed by atoms with van der Waals surface area (Å²) in [6.45, 7) is 18.0. The van der Waals surface area contributed by atoms with E-state index in [1.165, 1.54) is 6.07 Å². The molecule has 9 heteroatoms. The Kier molecular flexibility index (Phi) is 11.0. The first-order chi connectivity index (χ1) is 20.9. The fourth-order valence-electron chi connectivity index (χ4n) is 5.64. The number of rotatable bonds is 9. The molecule has 0 saturated carbocycles. The van der Waals surface area contributed by atoms with E-state index in [9.17, 15) is 9.18 Å². The fourth-order valence-corrected chi connectivity index (χ4v) is 5.64. The van der Waals surface area contributed by atoms with Gasteiger partial charge in [-0.1, -0.05) is 64.1 Å². The van der Waals surface area contributed by atoms with Crippen LogP contribution in [-0.4, -0.2) is 59.5 Å². The van der Waals surface area contributed by atoms with Gasteiger partial charge in [-0.2, -0.15) is 5.10 Å². The lowest BCUT2D eigenvalue weighted by Gasteiger charge is -2.21. The van der Waals surface area contributed by atoms with Crippen molar-refractivity contribution < 1.29 is 13.9 Å². The number of unbranched alkanes of at least 4 members (excludes halogenated alkanes) is 1. The van der Waals surface area contributed by atoms with Crippen molar-refractivity contribution in [2.75, 3.05) is 43.4 Å². The highest BCUT2D eigenvalue weighted by Crippen LogP contribution is 2.38. The zero-order valence-electron chi connectivity index (χ0n) is 26.0. The second-order valence-electron chi connectivity index (χ2n) is 10.7. The number of likely N-dealkylation sites (tertiary alicyclic amines) is 1. The summed E-state index contributed by atoms with van der Waals surface area (Å²) in [6, 6.07) is 12.5. The standard InChI is InChI=1S/C32H39FN6O2.C2H6/c1-5-7-15-38-19-25(21(3)11-6-2)28(20-38)35-32(40)36-31-22(4)29(37-39(31)24-12-9-8-10-13-24)23-17-26(33)30-27(18-23)34-14-16-41-30;1-2/h6,8-13,17-18,25,28,34H,3,5,7,14-16,19-20H2,1-2,4H3,(H2,35,36,40);1-2H3/b11-6-;/t25-,28+;/m0./s1. The lowest BCUT2D eigenvalue weighted by atomic mass is 9.95. The summed E-state index contributed by atoms with van der Waals surface area (Å²) in [4.78, 5) is 15.9. The minimum Gasteiger partial charge on any atom is -0.486 e. The van der Waals surface area contributed by atoms with Crippen molar-refractivity contribution >= 4 is 17.5 Å². The van der Waals surface area contributed by atoms with E-state index in [0.29, 0.717) is 35.9 Å². The van der Waals surface area contributed by atoms with Gasteiger partial charge in [0.05, 0.1) is 23.1 Å². The van der Waals surface area contributed by atoms with Crippen molar-refractivity contribution in [2.24, 2.45) is 5.92 Å². The van der Waals surface area contributed by atoms with E-state index in [0.717, 1.165) is 49.3 Å². The van der Waals surface area contributed by atoms with Gasteiger partial charge >= 0.3 is 6.03 Å². The molecule has 2 aromatic carbocycles. The lowest BCUT2D eigenvalue weighted by molar-refractivity contribution is 0.246. The maximum absolute atomic E-state index is 15.0. The number of halogens is 1. The van der Waals surface area contributed by atoms with Gasteiger partial charge in [-0.25, -0.2) is 13.9 Å². The number of hydrogen-bond acceptors (Lipinski definition) is 5. The van der Waals surface area contributed by atoms with Crippen LogP contribution in [0.5, 0.6) is 5.75 Å². The molecule has 3 heterocycles. The molecule has 0 bridgehead atoms. The van der Waals surface area contributed by atoms with Gasteiger partial charge in [0, 0.05) is 36.7 Å². The molecule has 3 aromatic rings. The maximum atomic E-state index is 15.0. The van der Waals surface area contributed by atoms with Crippen molar-refractivity contribution in [1.82, 2.24) is 20.0 Å². The smallest absolute Gasteiger partial charge is 0.320 e. The molecule has 3 N–H and O–H groups in total. The number of para-hydroxylation sites is 1. The molecule has 2 atom stereocenters. The molecular formula is C34H45FN6O2. The second kappa shape index (κ2) is 14.9. The zero-order valence-corrected chi connectivity index (χ0v) is 26.0. The second-order valence-corrected chi connectivity index (χ2v) is 10.7. The summed E-state index contributed by atoms with van der Waals surface area (Å²) in [6.07, 6.45) is 6.25. The molecule has 1 saturated heterocycles. The predicted octanol–water partition coefficient (Wildman–Crippen LogP) is 7.17. The number of amides is 2. The molecule has 2 amide bonds. The summed E-state index contributed by atoms with van der Waals surface area (Å²) in [5, 5.41) is 14.3. The van der Waals surface area contributed by atoms with Gasteiger partial charge in [0.2, 0.25) is 0 Å². The Morgan fingerprint density at radius 3 is 2.72 bits per heavy atom. The Morgan fingerprint density at radius 1 is 1.23 bits per heavy atom. The highest BCUT2D eigenvalue weighted by molar-refractivity contribution is 5.91. The number of anilines is 2. The summed E-state index contributed by atoms with van der Waals surface area (Å²) in [5.74, 6) is 0.414. The van der Waals surface area contributed by atoms with Gasteiger partial charge in [0.25, 0.3) is 0 Å². The normalized spacial score (nSPS) is 17.8. The van der Waals surface area contributed by atoms with E-state index in [-0.39, 0.29) is 23.7 Å². The van der Waals surface area contributed by atoms with E-state index in [1.807, 2.05) is 76.2 Å². The van der Waals surface area contributed by atoms with Crippen LogP contribution in [0, 0.1) is 18.7 Å². The van der Waals surface area contributed by atoms with Gasteiger partial charge in [-0.05, 0) is 56.7 Å². The Balaban J connectivity index is 0.00000207. The molecule has 5 rings (SSSR count). The SMILES string of the molecule is C=C(/C=C\C)[C@@H]1CN(CCCC)C[C@H]1NC(=O)Nc1c(C)c(-c2cc(F)c3c(c2)NCCO3)nn1-c1ccccc1.CC. The van der Waals surface area contributed by atoms with E-state index in [4.69, 9.17) is 9.84 Å². The first-order valence-electron chi connectivity index (χ1n) is 15.4. The number of fused-ring (bicyclic) bond motifs is 1. The lowest BCUT2D eigenvalue weighted by Crippen LogP contribution is -2.43. The monoisotopic (exact) mass is 588 g/mol. The fraction of sp³-hybridized carbons (Fsp3) is 0.412. The van der Waals surface area contributed by atoms with Crippen LogP contribution in [0.1, 0.15) is 46.1 Å². The van der Waals surface area contributed by atoms with Crippen LogP contribution in [0.3, 0.4) is 0 Å². The van der Waals surface area contributed by atoms with E-state index >= 15 is 0 Å². The van der Waals surface area contributed by atoms with Crippen LogP contribution in [0.4, 0.5) is 20.7 Å². The van der Waals surface area contributed by atoms with Crippen molar-refractivity contribution in [2.45, 2.75) is 53.5 Å². The van der Waals surface area contributed by atoms with Gasteiger partial charge in [-0.3, -0.25) is 5.32 Å². The van der Waals surface area contributed by atoms with Crippen LogP contribution in [-0.2, 0) is 0 Å². The molecule has 1 fully saturated rings. The Morgan fingerprint density at radius 2 is 2.00 bits per heavy atom. The van der Waals surface area contributed by atoms with Gasteiger partial charge < -0.3 is 20.3 Å². The molecule has 230 valence electrons. The molecule has 0 aliphatic carbocycles. The van der Waals surface area contributed by atoms with Gasteiger partial charge in [0.1, 0.15) is 12.4 Å². The van der Waals surface area contributed by atoms with Gasteiger partial charge in [-0.15, -0.1) is 0 Å². The van der Waals surface area contributed by atoms with Crippen molar-refractivity contribution in [3.8, 4) is 22.7 Å². The summed E-state index contributed by atoms with van der Waals surface area (Å²) in [7, 11) is 0. The third kappa shape index (κ3) is 7.28. The number of ether oxygens (including phenoxy) is 1. The first-order valence-corrected chi connectivity index (χ1v) is 15.4. The van der Waals surface area contributed by atoms with Crippen LogP contribution in [0.25, 0.3) is 16.9 Å². The number of carbonyl (C=O) groups excluding carboxylic acids is 1. The number of urea groups is 1. The zero-order chi connectivity index (χ0) is 30.9. The molecule has 2 aliphatic heterocycles. The van der Waals surface area contributed by atoms with Crippen LogP contribution < -0.4 is 20.7 Å². The highest BCUT2D eigenvalue weighted by atomic mass is 19.1. The number of aromatic nitrogens is 2. The van der Waals surface area contributed by atoms with Crippen LogP contribution >= 0.6 is 0 Å². The molecule has 0 spiro atoms. The van der Waals surface area contributed by atoms with E-state index in [2.05, 4.69) is 34.4 Å². The van der Waals surface area contributed by atoms with Crippen molar-refractivity contribution in [3.05, 3.63) is 78.1 Å². The molecule has 2 aliphatic rings. The number of hydrogen-bond donors (Lipinski definition) is 3. The van der Waals surface area contributed by atoms with Crippen LogP contribution in [0.2, 0.25) is 0 Å². The first kappa shape index (κ1) is 31.8. The summed E-state index contributed by atoms with van der Waals surface area (Å²) >= 11 is 0. The number of allylic oxidation sites excluding steroid dienone is 2. The Bertz CT molecular complexity index is 1430.